The molecule has 0 aromatic carbocycles. The highest BCUT2D eigenvalue weighted by Gasteiger charge is 2.22. The molecule has 0 bridgehead atoms. The molecule has 2 heterocycles. The number of carboxylic acid groups (broad SMARTS) is 1. The highest BCUT2D eigenvalue weighted by molar-refractivity contribution is 7.16. The molecule has 2 rings (SSSR count). The van der Waals surface area contributed by atoms with Gasteiger partial charge in [-0.2, -0.15) is 0 Å². The molecule has 0 amide bonds. The summed E-state index contributed by atoms with van der Waals surface area (Å²) in [5, 5.41) is 9.58. The number of aromatic nitrogens is 2. The Bertz CT molecular complexity index is 640. The van der Waals surface area contributed by atoms with E-state index in [9.17, 15) is 4.79 Å². The van der Waals surface area contributed by atoms with Gasteiger partial charge < -0.3 is 5.11 Å². The molecular weight excluding hydrogens is 272 g/mol. The fraction of sp³-hybridized carbons (Fsp3) is 0.267. The van der Waals surface area contributed by atoms with Crippen LogP contribution in [-0.2, 0) is 10.2 Å². The molecule has 4 nitrogen and oxygen atoms in total. The lowest BCUT2D eigenvalue weighted by Gasteiger charge is -2.16. The maximum atomic E-state index is 10.7. The first kappa shape index (κ1) is 14.4. The van der Waals surface area contributed by atoms with E-state index in [2.05, 4.69) is 30.7 Å². The van der Waals surface area contributed by atoms with Crippen molar-refractivity contribution in [2.75, 3.05) is 0 Å². The van der Waals surface area contributed by atoms with E-state index in [1.54, 1.807) is 12.3 Å². The van der Waals surface area contributed by atoms with Gasteiger partial charge in [-0.1, -0.05) is 26.8 Å². The monoisotopic (exact) mass is 288 g/mol. The molecule has 1 N–H and O–H groups in total. The second-order valence-corrected chi connectivity index (χ2v) is 6.40. The first-order valence-electron chi connectivity index (χ1n) is 6.21. The number of rotatable bonds is 3. The van der Waals surface area contributed by atoms with Crippen molar-refractivity contribution in [1.29, 1.82) is 0 Å². The van der Waals surface area contributed by atoms with Crippen LogP contribution in [0.5, 0.6) is 0 Å². The molecule has 0 atom stereocenters. The lowest BCUT2D eigenvalue weighted by Crippen LogP contribution is -2.13. The number of aliphatic carboxylic acids is 1. The molecule has 0 saturated carbocycles. The van der Waals surface area contributed by atoms with Gasteiger partial charge in [0.15, 0.2) is 0 Å². The van der Waals surface area contributed by atoms with Crippen LogP contribution in [0.2, 0.25) is 0 Å². The van der Waals surface area contributed by atoms with Crippen LogP contribution in [0.4, 0.5) is 0 Å². The highest BCUT2D eigenvalue weighted by atomic mass is 32.1. The summed E-state index contributed by atoms with van der Waals surface area (Å²) in [5.74, 6) is -0.961. The second-order valence-electron chi connectivity index (χ2n) is 5.37. The topological polar surface area (TPSA) is 63.1 Å². The average Bonchev–Trinajstić information content (AvgIpc) is 2.81. The third-order valence-corrected chi connectivity index (χ3v) is 3.67. The third-order valence-electron chi connectivity index (χ3n) is 2.63. The number of nitrogens with zero attached hydrogens (tertiary/aromatic N) is 2. The van der Waals surface area contributed by atoms with Crippen LogP contribution >= 0.6 is 11.3 Å². The molecule has 0 saturated heterocycles. The van der Waals surface area contributed by atoms with Gasteiger partial charge in [0.25, 0.3) is 0 Å². The molecule has 0 aliphatic heterocycles. The van der Waals surface area contributed by atoms with Crippen LogP contribution in [0.1, 0.15) is 31.3 Å². The number of thiazole rings is 1. The SMILES string of the molecule is CC(C)(C)c1nc(-c2ccccn2)sc1/C=C/C(=O)O. The molecule has 20 heavy (non-hydrogen) atoms. The van der Waals surface area contributed by atoms with Crippen LogP contribution < -0.4 is 0 Å². The average molecular weight is 288 g/mol. The van der Waals surface area contributed by atoms with Gasteiger partial charge in [-0.25, -0.2) is 9.78 Å². The Labute approximate surface area is 121 Å². The summed E-state index contributed by atoms with van der Waals surface area (Å²) in [5.41, 5.74) is 1.54. The summed E-state index contributed by atoms with van der Waals surface area (Å²) in [6, 6.07) is 5.66. The fourth-order valence-electron chi connectivity index (χ4n) is 1.73. The van der Waals surface area contributed by atoms with E-state index >= 15 is 0 Å². The zero-order valence-electron chi connectivity index (χ0n) is 11.6. The minimum absolute atomic E-state index is 0.151. The Hall–Kier alpha value is -2.01. The molecule has 0 aliphatic rings. The Morgan fingerprint density at radius 3 is 2.65 bits per heavy atom. The van der Waals surface area contributed by atoms with E-state index < -0.39 is 5.97 Å². The van der Waals surface area contributed by atoms with E-state index in [1.807, 2.05) is 18.2 Å². The number of carbonyl (C=O) groups is 1. The number of pyridine rings is 1. The number of hydrogen-bond acceptors (Lipinski definition) is 4. The maximum absolute atomic E-state index is 10.7. The standard InChI is InChI=1S/C15H16N2O2S/c1-15(2,3)13-11(7-8-12(18)19)20-14(17-13)10-6-4-5-9-16-10/h4-9H,1-3H3,(H,18,19)/b8-7+. The summed E-state index contributed by atoms with van der Waals surface area (Å²) < 4.78 is 0. The van der Waals surface area contributed by atoms with Gasteiger partial charge in [-0.15, -0.1) is 11.3 Å². The van der Waals surface area contributed by atoms with Crippen LogP contribution in [0, 0.1) is 0 Å². The molecule has 2 aromatic rings. The molecular formula is C15H16N2O2S. The van der Waals surface area contributed by atoms with Crippen molar-refractivity contribution < 1.29 is 9.90 Å². The van der Waals surface area contributed by atoms with Crippen molar-refractivity contribution in [2.24, 2.45) is 0 Å². The molecule has 104 valence electrons. The van der Waals surface area contributed by atoms with Crippen molar-refractivity contribution in [3.05, 3.63) is 41.0 Å². The van der Waals surface area contributed by atoms with Gasteiger partial charge in [0, 0.05) is 17.7 Å². The Morgan fingerprint density at radius 1 is 1.35 bits per heavy atom. The van der Waals surface area contributed by atoms with Gasteiger partial charge in [0.05, 0.1) is 16.3 Å². The van der Waals surface area contributed by atoms with Crippen molar-refractivity contribution in [1.82, 2.24) is 9.97 Å². The van der Waals surface area contributed by atoms with E-state index in [4.69, 9.17) is 5.11 Å². The first-order valence-corrected chi connectivity index (χ1v) is 7.03. The molecule has 0 fully saturated rings. The Kier molecular flexibility index (Phi) is 3.99. The summed E-state index contributed by atoms with van der Waals surface area (Å²) in [6.45, 7) is 6.17. The Balaban J connectivity index is 2.50. The summed E-state index contributed by atoms with van der Waals surface area (Å²) in [6.07, 6.45) is 4.47. The lowest BCUT2D eigenvalue weighted by atomic mass is 9.91. The fourth-order valence-corrected chi connectivity index (χ4v) is 2.88. The lowest BCUT2D eigenvalue weighted by molar-refractivity contribution is -0.131. The summed E-state index contributed by atoms with van der Waals surface area (Å²) in [4.78, 5) is 20.5. The molecule has 0 spiro atoms. The number of carboxylic acids is 1. The smallest absolute Gasteiger partial charge is 0.328 e. The molecule has 0 aliphatic carbocycles. The van der Waals surface area contributed by atoms with Crippen LogP contribution in [0.3, 0.4) is 0 Å². The van der Waals surface area contributed by atoms with Crippen molar-refractivity contribution in [3.63, 3.8) is 0 Å². The first-order chi connectivity index (χ1) is 9.38. The third kappa shape index (κ3) is 3.30. The predicted molar refractivity (Wildman–Crippen MR) is 80.7 cm³/mol. The quantitative estimate of drug-likeness (QED) is 0.876. The number of hydrogen-bond donors (Lipinski definition) is 1. The van der Waals surface area contributed by atoms with Crippen molar-refractivity contribution >= 4 is 23.4 Å². The summed E-state index contributed by atoms with van der Waals surface area (Å²) >= 11 is 1.46. The minimum Gasteiger partial charge on any atom is -0.478 e. The largest absolute Gasteiger partial charge is 0.478 e. The molecule has 5 heteroatoms. The minimum atomic E-state index is -0.961. The van der Waals surface area contributed by atoms with E-state index in [0.717, 1.165) is 27.3 Å². The predicted octanol–water partition coefficient (Wildman–Crippen LogP) is 3.60. The van der Waals surface area contributed by atoms with Crippen LogP contribution in [-0.4, -0.2) is 21.0 Å². The molecule has 0 radical (unpaired) electrons. The highest BCUT2D eigenvalue weighted by Crippen LogP contribution is 2.34. The summed E-state index contributed by atoms with van der Waals surface area (Å²) in [7, 11) is 0. The zero-order chi connectivity index (χ0) is 14.8. The Morgan fingerprint density at radius 2 is 2.10 bits per heavy atom. The maximum Gasteiger partial charge on any atom is 0.328 e. The van der Waals surface area contributed by atoms with Gasteiger partial charge in [0.1, 0.15) is 5.01 Å². The van der Waals surface area contributed by atoms with Crippen molar-refractivity contribution in [2.45, 2.75) is 26.2 Å². The van der Waals surface area contributed by atoms with Gasteiger partial charge >= 0.3 is 5.97 Å². The van der Waals surface area contributed by atoms with E-state index in [1.165, 1.54) is 11.3 Å². The molecule has 0 unspecified atom stereocenters. The van der Waals surface area contributed by atoms with Gasteiger partial charge in [-0.3, -0.25) is 4.98 Å². The van der Waals surface area contributed by atoms with E-state index in [-0.39, 0.29) is 5.41 Å². The van der Waals surface area contributed by atoms with Gasteiger partial charge in [0.2, 0.25) is 0 Å². The second kappa shape index (κ2) is 5.54. The van der Waals surface area contributed by atoms with E-state index in [0.29, 0.717) is 0 Å². The van der Waals surface area contributed by atoms with Crippen LogP contribution in [0.25, 0.3) is 16.8 Å². The van der Waals surface area contributed by atoms with Crippen molar-refractivity contribution in [3.8, 4) is 10.7 Å². The normalized spacial score (nSPS) is 11.9. The van der Waals surface area contributed by atoms with Crippen LogP contribution in [0.15, 0.2) is 30.5 Å². The molecule has 2 aromatic heterocycles. The zero-order valence-corrected chi connectivity index (χ0v) is 12.4. The van der Waals surface area contributed by atoms with Gasteiger partial charge in [-0.05, 0) is 18.2 Å².